The monoisotopic (exact) mass is 359 g/mol. The van der Waals surface area contributed by atoms with Crippen molar-refractivity contribution in [2.45, 2.75) is 88.5 Å². The largest absolute Gasteiger partial charge is 0.352 e. The molecule has 26 heavy (non-hydrogen) atoms. The van der Waals surface area contributed by atoms with Gasteiger partial charge in [0.25, 0.3) is 5.91 Å². The number of carbonyl (C=O) groups excluding carboxylic acids is 2. The molecule has 2 amide bonds. The topological polar surface area (TPSA) is 88.1 Å². The Morgan fingerprint density at radius 3 is 2.50 bits per heavy atom. The second-order valence-corrected chi connectivity index (χ2v) is 8.11. The first-order valence-electron chi connectivity index (χ1n) is 10.0. The van der Waals surface area contributed by atoms with E-state index >= 15 is 0 Å². The summed E-state index contributed by atoms with van der Waals surface area (Å²) in [6.07, 6.45) is 13.4. The molecule has 0 spiro atoms. The molecule has 2 saturated heterocycles. The van der Waals surface area contributed by atoms with Crippen LogP contribution in [0.4, 0.5) is 0 Å². The van der Waals surface area contributed by atoms with E-state index in [1.807, 2.05) is 0 Å². The summed E-state index contributed by atoms with van der Waals surface area (Å²) in [6, 6.07) is 1.62. The third-order valence-electron chi connectivity index (χ3n) is 5.98. The number of nitrogens with one attached hydrogen (secondary N) is 3. The van der Waals surface area contributed by atoms with Gasteiger partial charge in [-0.2, -0.15) is 5.10 Å². The summed E-state index contributed by atoms with van der Waals surface area (Å²) >= 11 is 0. The molecule has 1 saturated carbocycles. The van der Waals surface area contributed by atoms with Gasteiger partial charge in [0.15, 0.2) is 0 Å². The number of aromatic nitrogens is 2. The highest BCUT2D eigenvalue weighted by molar-refractivity contribution is 5.94. The van der Waals surface area contributed by atoms with E-state index in [2.05, 4.69) is 21.0 Å². The molecule has 3 N–H and O–H groups in total. The summed E-state index contributed by atoms with van der Waals surface area (Å²) in [5, 5.41) is 14.0. The van der Waals surface area contributed by atoms with Crippen LogP contribution in [0.3, 0.4) is 0 Å². The Balaban J connectivity index is 1.26. The molecule has 2 atom stereocenters. The van der Waals surface area contributed by atoms with Crippen LogP contribution in [-0.4, -0.2) is 45.8 Å². The predicted octanol–water partition coefficient (Wildman–Crippen LogP) is 1.34. The van der Waals surface area contributed by atoms with Crippen molar-refractivity contribution in [1.29, 1.82) is 0 Å². The number of nitrogens with zero attached hydrogens (tertiary/aromatic N) is 2. The Morgan fingerprint density at radius 1 is 1.04 bits per heavy atom. The van der Waals surface area contributed by atoms with E-state index in [-0.39, 0.29) is 24.4 Å². The van der Waals surface area contributed by atoms with Crippen molar-refractivity contribution in [1.82, 2.24) is 25.7 Å². The lowest BCUT2D eigenvalue weighted by Gasteiger charge is -2.29. The second kappa shape index (κ2) is 7.78. The van der Waals surface area contributed by atoms with E-state index in [9.17, 15) is 9.59 Å². The molecule has 0 aromatic carbocycles. The van der Waals surface area contributed by atoms with Gasteiger partial charge in [-0.1, -0.05) is 19.3 Å². The standard InChI is InChI=1S/C19H29N5O2/c25-18(22-14-4-2-1-3-5-14)12-24-11-13(10-20-24)19(26)23-17-8-15-6-7-16(9-17)21-15/h10-11,14-17,21H,1-9,12H2,(H,22,25)(H,23,26). The molecule has 1 aromatic rings. The Kier molecular flexibility index (Phi) is 5.24. The van der Waals surface area contributed by atoms with E-state index in [0.29, 0.717) is 23.7 Å². The summed E-state index contributed by atoms with van der Waals surface area (Å²) < 4.78 is 1.55. The molecule has 4 rings (SSSR count). The Morgan fingerprint density at radius 2 is 1.77 bits per heavy atom. The van der Waals surface area contributed by atoms with Crippen LogP contribution in [0.5, 0.6) is 0 Å². The molecule has 7 heteroatoms. The normalized spacial score (nSPS) is 28.7. The minimum absolute atomic E-state index is 0.0260. The van der Waals surface area contributed by atoms with E-state index in [4.69, 9.17) is 0 Å². The number of hydrogen-bond acceptors (Lipinski definition) is 4. The number of rotatable bonds is 5. The average molecular weight is 359 g/mol. The smallest absolute Gasteiger partial charge is 0.254 e. The minimum atomic E-state index is -0.0877. The van der Waals surface area contributed by atoms with E-state index in [1.165, 1.54) is 32.1 Å². The highest BCUT2D eigenvalue weighted by Crippen LogP contribution is 2.26. The van der Waals surface area contributed by atoms with Crippen molar-refractivity contribution in [3.63, 3.8) is 0 Å². The lowest BCUT2D eigenvalue weighted by atomic mass is 9.95. The average Bonchev–Trinajstić information content (AvgIpc) is 3.22. The Bertz CT molecular complexity index is 640. The SMILES string of the molecule is O=C(Cn1cc(C(=O)NC2CC3CCC(C2)N3)cn1)NC1CCCCC1. The fraction of sp³-hybridized carbons (Fsp3) is 0.737. The third kappa shape index (κ3) is 4.26. The zero-order chi connectivity index (χ0) is 17.9. The number of amides is 2. The maximum Gasteiger partial charge on any atom is 0.254 e. The number of fused-ring (bicyclic) bond motifs is 2. The van der Waals surface area contributed by atoms with Crippen LogP contribution in [0.25, 0.3) is 0 Å². The third-order valence-corrected chi connectivity index (χ3v) is 5.98. The van der Waals surface area contributed by atoms with Gasteiger partial charge in [0.1, 0.15) is 6.54 Å². The fourth-order valence-electron chi connectivity index (χ4n) is 4.68. The summed E-state index contributed by atoms with van der Waals surface area (Å²) in [6.45, 7) is 0.168. The lowest BCUT2D eigenvalue weighted by Crippen LogP contribution is -2.48. The van der Waals surface area contributed by atoms with Crippen molar-refractivity contribution >= 4 is 11.8 Å². The summed E-state index contributed by atoms with van der Waals surface area (Å²) in [7, 11) is 0. The first kappa shape index (κ1) is 17.5. The van der Waals surface area contributed by atoms with Gasteiger partial charge in [0.05, 0.1) is 11.8 Å². The quantitative estimate of drug-likeness (QED) is 0.740. The molecule has 2 bridgehead atoms. The van der Waals surface area contributed by atoms with E-state index in [1.54, 1.807) is 17.1 Å². The molecule has 3 aliphatic rings. The molecule has 1 aromatic heterocycles. The highest BCUT2D eigenvalue weighted by Gasteiger charge is 2.34. The van der Waals surface area contributed by atoms with E-state index < -0.39 is 0 Å². The van der Waals surface area contributed by atoms with Crippen LogP contribution in [0, 0.1) is 0 Å². The Labute approximate surface area is 154 Å². The number of carbonyl (C=O) groups is 2. The second-order valence-electron chi connectivity index (χ2n) is 8.11. The van der Waals surface area contributed by atoms with Gasteiger partial charge < -0.3 is 16.0 Å². The van der Waals surface area contributed by atoms with Crippen LogP contribution < -0.4 is 16.0 Å². The van der Waals surface area contributed by atoms with Crippen molar-refractivity contribution in [3.05, 3.63) is 18.0 Å². The van der Waals surface area contributed by atoms with Gasteiger partial charge in [-0.3, -0.25) is 14.3 Å². The van der Waals surface area contributed by atoms with Gasteiger partial charge >= 0.3 is 0 Å². The van der Waals surface area contributed by atoms with Gasteiger partial charge in [0.2, 0.25) is 5.91 Å². The van der Waals surface area contributed by atoms with Gasteiger partial charge in [0, 0.05) is 30.4 Å². The van der Waals surface area contributed by atoms with Gasteiger partial charge in [-0.25, -0.2) is 0 Å². The summed E-state index contributed by atoms with van der Waals surface area (Å²) in [5.74, 6) is -0.114. The summed E-state index contributed by atoms with van der Waals surface area (Å²) in [5.41, 5.74) is 0.529. The van der Waals surface area contributed by atoms with Crippen LogP contribution in [0.15, 0.2) is 12.4 Å². The first-order chi connectivity index (χ1) is 12.7. The maximum atomic E-state index is 12.5. The maximum absolute atomic E-state index is 12.5. The first-order valence-corrected chi connectivity index (χ1v) is 10.0. The molecule has 2 aliphatic heterocycles. The van der Waals surface area contributed by atoms with Crippen LogP contribution in [-0.2, 0) is 11.3 Å². The fourth-order valence-corrected chi connectivity index (χ4v) is 4.68. The number of piperidine rings is 1. The molecule has 7 nitrogen and oxygen atoms in total. The van der Waals surface area contributed by atoms with Crippen LogP contribution >= 0.6 is 0 Å². The summed E-state index contributed by atoms with van der Waals surface area (Å²) in [4.78, 5) is 24.7. The zero-order valence-corrected chi connectivity index (χ0v) is 15.2. The van der Waals surface area contributed by atoms with Crippen molar-refractivity contribution < 1.29 is 9.59 Å². The van der Waals surface area contributed by atoms with Crippen LogP contribution in [0.1, 0.15) is 68.1 Å². The van der Waals surface area contributed by atoms with Crippen LogP contribution in [0.2, 0.25) is 0 Å². The molecular formula is C19H29N5O2. The molecular weight excluding hydrogens is 330 g/mol. The predicted molar refractivity (Wildman–Crippen MR) is 97.7 cm³/mol. The highest BCUT2D eigenvalue weighted by atomic mass is 16.2. The molecule has 2 unspecified atom stereocenters. The van der Waals surface area contributed by atoms with Crippen molar-refractivity contribution in [3.8, 4) is 0 Å². The lowest BCUT2D eigenvalue weighted by molar-refractivity contribution is -0.122. The van der Waals surface area contributed by atoms with Crippen molar-refractivity contribution in [2.75, 3.05) is 0 Å². The molecule has 3 heterocycles. The van der Waals surface area contributed by atoms with Gasteiger partial charge in [-0.05, 0) is 38.5 Å². The zero-order valence-electron chi connectivity index (χ0n) is 15.2. The molecule has 0 radical (unpaired) electrons. The molecule has 3 fully saturated rings. The van der Waals surface area contributed by atoms with Gasteiger partial charge in [-0.15, -0.1) is 0 Å². The molecule has 1 aliphatic carbocycles. The Hall–Kier alpha value is -1.89. The molecule has 142 valence electrons. The van der Waals surface area contributed by atoms with Crippen molar-refractivity contribution in [2.24, 2.45) is 0 Å². The van der Waals surface area contributed by atoms with E-state index in [0.717, 1.165) is 25.7 Å². The minimum Gasteiger partial charge on any atom is -0.352 e. The number of hydrogen-bond donors (Lipinski definition) is 3.